The quantitative estimate of drug-likeness (QED) is 0.618. The van der Waals surface area contributed by atoms with E-state index in [2.05, 4.69) is 23.1 Å². The Labute approximate surface area is 201 Å². The van der Waals surface area contributed by atoms with E-state index in [9.17, 15) is 19.5 Å². The van der Waals surface area contributed by atoms with Crippen molar-refractivity contribution in [2.24, 2.45) is 46.3 Å². The summed E-state index contributed by atoms with van der Waals surface area (Å²) in [6.45, 7) is 4.75. The lowest BCUT2D eigenvalue weighted by molar-refractivity contribution is -0.150. The van der Waals surface area contributed by atoms with Crippen LogP contribution in [0.15, 0.2) is 0 Å². The van der Waals surface area contributed by atoms with E-state index < -0.39 is 18.3 Å². The van der Waals surface area contributed by atoms with Crippen molar-refractivity contribution in [2.45, 2.75) is 70.5 Å². The van der Waals surface area contributed by atoms with Gasteiger partial charge in [0.05, 0.1) is 12.0 Å². The van der Waals surface area contributed by atoms with E-state index in [1.54, 1.807) is 0 Å². The number of rotatable bonds is 3. The third-order valence-electron chi connectivity index (χ3n) is 11.0. The van der Waals surface area contributed by atoms with Crippen LogP contribution in [0.1, 0.15) is 58.3 Å². The summed E-state index contributed by atoms with van der Waals surface area (Å²) < 4.78 is 6.06. The predicted molar refractivity (Wildman–Crippen MR) is 123 cm³/mol. The lowest BCUT2D eigenvalue weighted by atomic mass is 9.52. The fourth-order valence-corrected chi connectivity index (χ4v) is 9.23. The first-order chi connectivity index (χ1) is 16.3. The number of hydrogen-bond donors (Lipinski definition) is 2. The molecule has 0 aromatic heterocycles. The topological polar surface area (TPSA) is 95.9 Å². The second-order valence-corrected chi connectivity index (χ2v) is 12.2. The highest BCUT2D eigenvalue weighted by Gasteiger charge is 2.76. The molecule has 0 aromatic rings. The van der Waals surface area contributed by atoms with Gasteiger partial charge in [-0.3, -0.25) is 14.9 Å². The molecule has 11 atom stereocenters. The van der Waals surface area contributed by atoms with E-state index in [4.69, 9.17) is 11.2 Å². The van der Waals surface area contributed by atoms with E-state index in [0.29, 0.717) is 37.6 Å². The number of imide groups is 1. The van der Waals surface area contributed by atoms with Crippen molar-refractivity contribution >= 4 is 17.8 Å². The van der Waals surface area contributed by atoms with Crippen molar-refractivity contribution in [2.75, 3.05) is 19.6 Å². The smallest absolute Gasteiger partial charge is 0.414 e. The number of piperidine rings is 1. The second kappa shape index (κ2) is 7.80. The number of aliphatic hydroxyl groups is 1. The highest BCUT2D eigenvalue weighted by Crippen LogP contribution is 2.76. The zero-order valence-corrected chi connectivity index (χ0v) is 20.0. The predicted octanol–water partition coefficient (Wildman–Crippen LogP) is 2.37. The van der Waals surface area contributed by atoms with E-state index in [-0.39, 0.29) is 46.2 Å². The molecule has 4 bridgehead atoms. The first kappa shape index (κ1) is 22.5. The number of nitrogens with one attached hydrogen (secondary N) is 1. The van der Waals surface area contributed by atoms with Crippen LogP contribution in [-0.2, 0) is 14.3 Å². The van der Waals surface area contributed by atoms with Crippen molar-refractivity contribution in [3.63, 3.8) is 0 Å². The van der Waals surface area contributed by atoms with Gasteiger partial charge in [0.25, 0.3) is 0 Å². The number of ether oxygens (including phenoxy) is 1. The van der Waals surface area contributed by atoms with Gasteiger partial charge in [-0.25, -0.2) is 4.79 Å². The molecule has 6 rings (SSSR count). The summed E-state index contributed by atoms with van der Waals surface area (Å²) in [6, 6.07) is 0. The van der Waals surface area contributed by atoms with Crippen LogP contribution in [0.2, 0.25) is 0 Å². The van der Waals surface area contributed by atoms with Crippen LogP contribution in [0.4, 0.5) is 4.79 Å². The number of terminal acetylenes is 1. The second-order valence-electron chi connectivity index (χ2n) is 12.2. The number of aliphatic hydroxyl groups excluding tert-OH is 1. The molecule has 7 heteroatoms. The van der Waals surface area contributed by atoms with Crippen LogP contribution in [0.3, 0.4) is 0 Å². The Balaban J connectivity index is 1.27. The molecular formula is C27H36N2O5. The number of hydrogen-bond acceptors (Lipinski definition) is 6. The number of carbonyl (C=O) groups is 3. The van der Waals surface area contributed by atoms with E-state index in [1.165, 1.54) is 0 Å². The number of ketones is 1. The maximum Gasteiger partial charge on any atom is 0.414 e. The summed E-state index contributed by atoms with van der Waals surface area (Å²) in [4.78, 5) is 41.5. The molecule has 34 heavy (non-hydrogen) atoms. The number of alkyl carbamates (subject to hydrolysis) is 1. The molecule has 1 spiro atoms. The van der Waals surface area contributed by atoms with Gasteiger partial charge < -0.3 is 14.7 Å². The Morgan fingerprint density at radius 1 is 1.29 bits per heavy atom. The third kappa shape index (κ3) is 3.07. The van der Waals surface area contributed by atoms with Crippen LogP contribution in [-0.4, -0.2) is 59.6 Å². The molecule has 2 heterocycles. The van der Waals surface area contributed by atoms with Crippen LogP contribution >= 0.6 is 0 Å². The van der Waals surface area contributed by atoms with Crippen molar-refractivity contribution in [3.05, 3.63) is 0 Å². The minimum atomic E-state index is -0.711. The van der Waals surface area contributed by atoms with Gasteiger partial charge in [0.2, 0.25) is 5.91 Å². The van der Waals surface area contributed by atoms with Gasteiger partial charge in [0, 0.05) is 37.3 Å². The molecule has 4 aliphatic carbocycles. The molecule has 6 aliphatic rings. The Hall–Kier alpha value is -1.91. The van der Waals surface area contributed by atoms with Crippen LogP contribution in [0, 0.1) is 58.7 Å². The van der Waals surface area contributed by atoms with Crippen LogP contribution in [0.25, 0.3) is 0 Å². The highest BCUT2D eigenvalue weighted by molar-refractivity contribution is 5.93. The molecule has 2 saturated heterocycles. The standard InChI is InChI=1S/C27H36N2O5/c1-3-4-16-11-21(34-25(33)28-24(32)19-14-29-10-7-17(19)13-29)27-12-18(27)5-8-26(15(2)22(16)31)9-6-20(30)23(26)27/h1,15-19,21-23,31H,4-14H2,2H3,(H,28,32,33)/t15-,16?,17+,18-,19-,21+,22-,23?,26?,27-/m0/s1. The molecule has 2 N–H and O–H groups in total. The number of carbonyl (C=O) groups excluding carboxylic acids is 3. The Morgan fingerprint density at radius 3 is 2.82 bits per heavy atom. The summed E-state index contributed by atoms with van der Waals surface area (Å²) in [7, 11) is 0. The van der Waals surface area contributed by atoms with Gasteiger partial charge in [0.15, 0.2) is 0 Å². The maximum atomic E-state index is 13.3. The summed E-state index contributed by atoms with van der Waals surface area (Å²) in [5.41, 5.74) is -0.617. The lowest BCUT2D eigenvalue weighted by Gasteiger charge is -2.53. The zero-order valence-electron chi connectivity index (χ0n) is 20.0. The van der Waals surface area contributed by atoms with Crippen LogP contribution < -0.4 is 5.32 Å². The van der Waals surface area contributed by atoms with Crippen molar-refractivity contribution < 1.29 is 24.2 Å². The van der Waals surface area contributed by atoms with E-state index in [0.717, 1.165) is 45.2 Å². The molecule has 2 aliphatic heterocycles. The molecule has 0 radical (unpaired) electrons. The van der Waals surface area contributed by atoms with E-state index in [1.807, 2.05) is 0 Å². The molecule has 4 saturated carbocycles. The molecule has 7 nitrogen and oxygen atoms in total. The van der Waals surface area contributed by atoms with Gasteiger partial charge in [-0.15, -0.1) is 12.3 Å². The monoisotopic (exact) mass is 468 g/mol. The van der Waals surface area contributed by atoms with Crippen molar-refractivity contribution in [3.8, 4) is 12.3 Å². The van der Waals surface area contributed by atoms with Gasteiger partial charge in [-0.05, 0) is 74.2 Å². The third-order valence-corrected chi connectivity index (χ3v) is 11.0. The number of fused-ring (bicyclic) bond motifs is 2. The highest BCUT2D eigenvalue weighted by atomic mass is 16.6. The molecule has 4 unspecified atom stereocenters. The van der Waals surface area contributed by atoms with Crippen molar-refractivity contribution in [1.29, 1.82) is 0 Å². The maximum absolute atomic E-state index is 13.3. The number of amides is 2. The average Bonchev–Trinajstić information content (AvgIpc) is 3.09. The molecular weight excluding hydrogens is 432 g/mol. The zero-order chi connectivity index (χ0) is 23.8. The minimum absolute atomic E-state index is 0.0233. The summed E-state index contributed by atoms with van der Waals surface area (Å²) >= 11 is 0. The number of nitrogens with zero attached hydrogens (tertiary/aromatic N) is 1. The van der Waals surface area contributed by atoms with Gasteiger partial charge >= 0.3 is 6.09 Å². The largest absolute Gasteiger partial charge is 0.445 e. The Kier molecular flexibility index (Phi) is 5.17. The minimum Gasteiger partial charge on any atom is -0.445 e. The molecule has 0 aromatic carbocycles. The summed E-state index contributed by atoms with van der Waals surface area (Å²) in [5, 5.41) is 13.9. The normalized spacial score (nSPS) is 50.4. The Bertz CT molecular complexity index is 959. The van der Waals surface area contributed by atoms with E-state index >= 15 is 0 Å². The molecule has 184 valence electrons. The first-order valence-corrected chi connectivity index (χ1v) is 13.2. The molecule has 2 amide bonds. The fraction of sp³-hybridized carbons (Fsp3) is 0.815. The average molecular weight is 469 g/mol. The Morgan fingerprint density at radius 2 is 2.12 bits per heavy atom. The first-order valence-electron chi connectivity index (χ1n) is 13.2. The van der Waals surface area contributed by atoms with Gasteiger partial charge in [-0.1, -0.05) is 6.92 Å². The SMILES string of the molecule is C#CCC1C[C@@H](OC(=O)NC(=O)[C@H]2CN3CC[C@@H]2C3)[C@]23C[C@@H]2CCC2(CCC(=O)C23)[C@@H](C)[C@@H]1O. The van der Waals surface area contributed by atoms with Gasteiger partial charge in [-0.2, -0.15) is 0 Å². The lowest BCUT2D eigenvalue weighted by Crippen LogP contribution is -2.56. The molecule has 6 fully saturated rings. The van der Waals surface area contributed by atoms with Crippen LogP contribution in [0.5, 0.6) is 0 Å². The fourth-order valence-electron chi connectivity index (χ4n) is 9.23. The summed E-state index contributed by atoms with van der Waals surface area (Å²) in [6.07, 6.45) is 9.79. The van der Waals surface area contributed by atoms with Crippen molar-refractivity contribution in [1.82, 2.24) is 10.2 Å². The van der Waals surface area contributed by atoms with Gasteiger partial charge in [0.1, 0.15) is 11.9 Å². The summed E-state index contributed by atoms with van der Waals surface area (Å²) in [5.74, 6) is 2.82. The number of Topliss-reactive ketones (excluding diaryl/α,β-unsaturated/α-hetero) is 1.